The standard InChI is InChI=1S/C10H18O2S/c1-10(2)8(6-7-13-10)4-3-5-9(11)12/h8H,3-7H2,1-2H3,(H,11,12). The summed E-state index contributed by atoms with van der Waals surface area (Å²) in [6.07, 6.45) is 3.50. The van der Waals surface area contributed by atoms with Crippen molar-refractivity contribution < 1.29 is 9.90 Å². The maximum Gasteiger partial charge on any atom is 0.303 e. The molecule has 0 aromatic carbocycles. The first-order valence-electron chi connectivity index (χ1n) is 4.88. The molecule has 1 N–H and O–H groups in total. The maximum atomic E-state index is 10.3. The number of thioether (sulfide) groups is 1. The lowest BCUT2D eigenvalue weighted by molar-refractivity contribution is -0.137. The molecule has 1 fully saturated rings. The number of aliphatic carboxylic acids is 1. The molecule has 0 aromatic rings. The first-order chi connectivity index (χ1) is 6.02. The largest absolute Gasteiger partial charge is 0.481 e. The summed E-state index contributed by atoms with van der Waals surface area (Å²) in [7, 11) is 0. The lowest BCUT2D eigenvalue weighted by atomic mass is 9.88. The smallest absolute Gasteiger partial charge is 0.303 e. The van der Waals surface area contributed by atoms with E-state index in [0.717, 1.165) is 18.8 Å². The molecule has 1 atom stereocenters. The second-order valence-corrected chi connectivity index (χ2v) is 5.97. The lowest BCUT2D eigenvalue weighted by Gasteiger charge is -2.25. The number of hydrogen-bond donors (Lipinski definition) is 1. The first-order valence-corrected chi connectivity index (χ1v) is 5.86. The molecule has 1 saturated heterocycles. The van der Waals surface area contributed by atoms with E-state index in [2.05, 4.69) is 13.8 Å². The molecular weight excluding hydrogens is 184 g/mol. The fourth-order valence-electron chi connectivity index (χ4n) is 1.92. The topological polar surface area (TPSA) is 37.3 Å². The van der Waals surface area contributed by atoms with Crippen LogP contribution in [0.5, 0.6) is 0 Å². The van der Waals surface area contributed by atoms with Crippen LogP contribution in [-0.2, 0) is 4.79 Å². The predicted octanol–water partition coefficient (Wildman–Crippen LogP) is 2.77. The van der Waals surface area contributed by atoms with Crippen molar-refractivity contribution in [1.82, 2.24) is 0 Å². The molecule has 1 heterocycles. The highest BCUT2D eigenvalue weighted by molar-refractivity contribution is 8.00. The Labute approximate surface area is 84.1 Å². The van der Waals surface area contributed by atoms with Crippen molar-refractivity contribution in [3.05, 3.63) is 0 Å². The van der Waals surface area contributed by atoms with Gasteiger partial charge in [-0.25, -0.2) is 0 Å². The Morgan fingerprint density at radius 3 is 2.77 bits per heavy atom. The SMILES string of the molecule is CC1(C)SCCC1CCCC(=O)O. The van der Waals surface area contributed by atoms with E-state index < -0.39 is 5.97 Å². The van der Waals surface area contributed by atoms with Crippen LogP contribution in [0.3, 0.4) is 0 Å². The molecular formula is C10H18O2S. The van der Waals surface area contributed by atoms with Gasteiger partial charge < -0.3 is 5.11 Å². The summed E-state index contributed by atoms with van der Waals surface area (Å²) in [5, 5.41) is 8.51. The number of hydrogen-bond acceptors (Lipinski definition) is 2. The minimum atomic E-state index is -0.663. The van der Waals surface area contributed by atoms with Gasteiger partial charge in [0.25, 0.3) is 0 Å². The van der Waals surface area contributed by atoms with Gasteiger partial charge in [0, 0.05) is 11.2 Å². The highest BCUT2D eigenvalue weighted by atomic mass is 32.2. The highest BCUT2D eigenvalue weighted by Crippen LogP contribution is 2.44. The van der Waals surface area contributed by atoms with Crippen LogP contribution in [0, 0.1) is 5.92 Å². The van der Waals surface area contributed by atoms with Crippen LogP contribution >= 0.6 is 11.8 Å². The zero-order valence-electron chi connectivity index (χ0n) is 8.38. The van der Waals surface area contributed by atoms with Crippen LogP contribution in [0.1, 0.15) is 39.5 Å². The molecule has 0 bridgehead atoms. The monoisotopic (exact) mass is 202 g/mol. The molecule has 0 radical (unpaired) electrons. The lowest BCUT2D eigenvalue weighted by Crippen LogP contribution is -2.21. The molecule has 0 amide bonds. The van der Waals surface area contributed by atoms with Crippen molar-refractivity contribution in [2.75, 3.05) is 5.75 Å². The fraction of sp³-hybridized carbons (Fsp3) is 0.900. The third-order valence-electron chi connectivity index (χ3n) is 2.87. The van der Waals surface area contributed by atoms with E-state index in [4.69, 9.17) is 5.11 Å². The van der Waals surface area contributed by atoms with Crippen LogP contribution in [0.4, 0.5) is 0 Å². The van der Waals surface area contributed by atoms with E-state index in [0.29, 0.717) is 11.2 Å². The molecule has 3 heteroatoms. The van der Waals surface area contributed by atoms with E-state index in [1.807, 2.05) is 11.8 Å². The molecule has 0 saturated carbocycles. The van der Waals surface area contributed by atoms with Gasteiger partial charge in [-0.15, -0.1) is 0 Å². The molecule has 0 spiro atoms. The molecule has 13 heavy (non-hydrogen) atoms. The highest BCUT2D eigenvalue weighted by Gasteiger charge is 2.34. The number of carbonyl (C=O) groups is 1. The second kappa shape index (κ2) is 4.36. The zero-order chi connectivity index (χ0) is 9.90. The van der Waals surface area contributed by atoms with Crippen molar-refractivity contribution in [2.24, 2.45) is 5.92 Å². The van der Waals surface area contributed by atoms with Crippen LogP contribution in [0.25, 0.3) is 0 Å². The average molecular weight is 202 g/mol. The van der Waals surface area contributed by atoms with Crippen LogP contribution in [0.2, 0.25) is 0 Å². The molecule has 0 aliphatic carbocycles. The summed E-state index contributed by atoms with van der Waals surface area (Å²) in [4.78, 5) is 10.3. The summed E-state index contributed by atoms with van der Waals surface area (Å²) in [5.41, 5.74) is 0. The van der Waals surface area contributed by atoms with E-state index in [9.17, 15) is 4.79 Å². The van der Waals surface area contributed by atoms with Gasteiger partial charge in [0.15, 0.2) is 0 Å². The van der Waals surface area contributed by atoms with Gasteiger partial charge in [0.2, 0.25) is 0 Å². The number of carboxylic acid groups (broad SMARTS) is 1. The van der Waals surface area contributed by atoms with Gasteiger partial charge in [-0.05, 0) is 30.9 Å². The van der Waals surface area contributed by atoms with Crippen LogP contribution < -0.4 is 0 Å². The maximum absolute atomic E-state index is 10.3. The third-order valence-corrected chi connectivity index (χ3v) is 4.38. The Hall–Kier alpha value is -0.180. The third kappa shape index (κ3) is 3.22. The molecule has 2 nitrogen and oxygen atoms in total. The van der Waals surface area contributed by atoms with Crippen molar-refractivity contribution in [1.29, 1.82) is 0 Å². The Morgan fingerprint density at radius 1 is 1.62 bits per heavy atom. The number of carboxylic acids is 1. The predicted molar refractivity (Wildman–Crippen MR) is 56.1 cm³/mol. The summed E-state index contributed by atoms with van der Waals surface area (Å²) in [6.45, 7) is 4.55. The van der Waals surface area contributed by atoms with Gasteiger partial charge in [0.05, 0.1) is 0 Å². The Bertz CT molecular complexity index is 189. The molecule has 1 unspecified atom stereocenters. The summed E-state index contributed by atoms with van der Waals surface area (Å²) in [5.74, 6) is 1.30. The van der Waals surface area contributed by atoms with Gasteiger partial charge in [0.1, 0.15) is 0 Å². The molecule has 0 aromatic heterocycles. The van der Waals surface area contributed by atoms with Gasteiger partial charge in [-0.2, -0.15) is 11.8 Å². The first kappa shape index (κ1) is 10.9. The zero-order valence-corrected chi connectivity index (χ0v) is 9.19. The van der Waals surface area contributed by atoms with Gasteiger partial charge >= 0.3 is 5.97 Å². The van der Waals surface area contributed by atoms with E-state index in [1.165, 1.54) is 12.2 Å². The fourth-order valence-corrected chi connectivity index (χ4v) is 3.32. The average Bonchev–Trinajstić information content (AvgIpc) is 2.30. The molecule has 1 aliphatic heterocycles. The van der Waals surface area contributed by atoms with Crippen molar-refractivity contribution in [3.8, 4) is 0 Å². The molecule has 1 rings (SSSR count). The van der Waals surface area contributed by atoms with Crippen LogP contribution in [0.15, 0.2) is 0 Å². The minimum absolute atomic E-state index is 0.331. The van der Waals surface area contributed by atoms with E-state index in [-0.39, 0.29) is 0 Å². The molecule has 1 aliphatic rings. The Balaban J connectivity index is 2.25. The Morgan fingerprint density at radius 2 is 2.31 bits per heavy atom. The van der Waals surface area contributed by atoms with E-state index >= 15 is 0 Å². The molecule has 76 valence electrons. The van der Waals surface area contributed by atoms with Gasteiger partial charge in [-0.1, -0.05) is 13.8 Å². The van der Waals surface area contributed by atoms with Crippen molar-refractivity contribution in [2.45, 2.75) is 44.3 Å². The summed E-state index contributed by atoms with van der Waals surface area (Å²) < 4.78 is 0.374. The van der Waals surface area contributed by atoms with E-state index in [1.54, 1.807) is 0 Å². The van der Waals surface area contributed by atoms with Crippen LogP contribution in [-0.4, -0.2) is 21.6 Å². The Kier molecular flexibility index (Phi) is 3.65. The van der Waals surface area contributed by atoms with Crippen molar-refractivity contribution >= 4 is 17.7 Å². The minimum Gasteiger partial charge on any atom is -0.481 e. The quantitative estimate of drug-likeness (QED) is 0.761. The normalized spacial score (nSPS) is 26.2. The number of rotatable bonds is 4. The summed E-state index contributed by atoms with van der Waals surface area (Å²) >= 11 is 2.02. The second-order valence-electron chi connectivity index (χ2n) is 4.22. The summed E-state index contributed by atoms with van der Waals surface area (Å²) in [6, 6.07) is 0. The van der Waals surface area contributed by atoms with Crippen molar-refractivity contribution in [3.63, 3.8) is 0 Å². The van der Waals surface area contributed by atoms with Gasteiger partial charge in [-0.3, -0.25) is 4.79 Å².